The van der Waals surface area contributed by atoms with Gasteiger partial charge >= 0.3 is 0 Å². The minimum absolute atomic E-state index is 0.0138. The number of rotatable bonds is 5. The molecule has 0 aliphatic rings. The van der Waals surface area contributed by atoms with Crippen molar-refractivity contribution in [3.05, 3.63) is 28.2 Å². The van der Waals surface area contributed by atoms with E-state index in [0.717, 1.165) is 0 Å². The van der Waals surface area contributed by atoms with Crippen LogP contribution >= 0.6 is 23.2 Å². The quantitative estimate of drug-likeness (QED) is 0.898. The van der Waals surface area contributed by atoms with Crippen LogP contribution < -0.4 is 10.1 Å². The van der Waals surface area contributed by atoms with E-state index in [-0.39, 0.29) is 25.0 Å². The second-order valence-corrected chi connectivity index (χ2v) is 4.60. The Morgan fingerprint density at radius 3 is 2.58 bits per heavy atom. The fraction of sp³-hybridized carbons (Fsp3) is 0.333. The van der Waals surface area contributed by atoms with Gasteiger partial charge in [0.05, 0.1) is 16.6 Å². The predicted molar refractivity (Wildman–Crippen MR) is 73.7 cm³/mol. The zero-order chi connectivity index (χ0) is 14.4. The summed E-state index contributed by atoms with van der Waals surface area (Å²) in [6.45, 7) is -0.189. The van der Waals surface area contributed by atoms with Gasteiger partial charge in [0, 0.05) is 20.2 Å². The number of hydrogen-bond donors (Lipinski definition) is 1. The minimum Gasteiger partial charge on any atom is -0.484 e. The van der Waals surface area contributed by atoms with Crippen LogP contribution in [0.1, 0.15) is 0 Å². The van der Waals surface area contributed by atoms with Crippen LogP contribution in [0.15, 0.2) is 18.2 Å². The number of nitrogens with zero attached hydrogens (tertiary/aromatic N) is 1. The molecule has 19 heavy (non-hydrogen) atoms. The van der Waals surface area contributed by atoms with Gasteiger partial charge in [-0.1, -0.05) is 23.2 Å². The maximum Gasteiger partial charge on any atom is 0.260 e. The van der Waals surface area contributed by atoms with Crippen molar-refractivity contribution in [2.24, 2.45) is 0 Å². The zero-order valence-corrected chi connectivity index (χ0v) is 12.1. The lowest BCUT2D eigenvalue weighted by Gasteiger charge is -2.16. The first-order valence-corrected chi connectivity index (χ1v) is 6.22. The van der Waals surface area contributed by atoms with E-state index in [9.17, 15) is 9.59 Å². The van der Waals surface area contributed by atoms with Crippen LogP contribution in [0.25, 0.3) is 0 Å². The SMILES string of the molecule is CNC(=O)CN(C)C(=O)COc1ccc(Cl)c(Cl)c1. The molecule has 0 aliphatic heterocycles. The van der Waals surface area contributed by atoms with E-state index in [0.29, 0.717) is 15.8 Å². The van der Waals surface area contributed by atoms with Gasteiger partial charge < -0.3 is 15.0 Å². The number of carbonyl (C=O) groups is 2. The molecule has 2 amide bonds. The average Bonchev–Trinajstić information content (AvgIpc) is 2.39. The first kappa shape index (κ1) is 15.6. The van der Waals surface area contributed by atoms with Crippen molar-refractivity contribution in [3.63, 3.8) is 0 Å². The van der Waals surface area contributed by atoms with Crippen molar-refractivity contribution in [2.75, 3.05) is 27.2 Å². The van der Waals surface area contributed by atoms with Crippen LogP contribution in [0.4, 0.5) is 0 Å². The van der Waals surface area contributed by atoms with Gasteiger partial charge in [0.15, 0.2) is 6.61 Å². The van der Waals surface area contributed by atoms with Gasteiger partial charge in [-0.15, -0.1) is 0 Å². The standard InChI is InChI=1S/C12H14Cl2N2O3/c1-15-11(17)6-16(2)12(18)7-19-8-3-4-9(13)10(14)5-8/h3-5H,6-7H2,1-2H3,(H,15,17). The fourth-order valence-electron chi connectivity index (χ4n) is 1.20. The van der Waals surface area contributed by atoms with Gasteiger partial charge in [0.1, 0.15) is 5.75 Å². The summed E-state index contributed by atoms with van der Waals surface area (Å²) in [5, 5.41) is 3.20. The molecular formula is C12H14Cl2N2O3. The number of nitrogens with one attached hydrogen (secondary N) is 1. The molecule has 0 aromatic heterocycles. The highest BCUT2D eigenvalue weighted by Crippen LogP contribution is 2.26. The van der Waals surface area contributed by atoms with Gasteiger partial charge in [0.2, 0.25) is 5.91 Å². The molecule has 1 rings (SSSR count). The highest BCUT2D eigenvalue weighted by molar-refractivity contribution is 6.42. The van der Waals surface area contributed by atoms with E-state index in [4.69, 9.17) is 27.9 Å². The number of carbonyl (C=O) groups excluding carboxylic acids is 2. The molecule has 104 valence electrons. The highest BCUT2D eigenvalue weighted by atomic mass is 35.5. The maximum absolute atomic E-state index is 11.7. The molecule has 0 heterocycles. The van der Waals surface area contributed by atoms with Crippen molar-refractivity contribution >= 4 is 35.0 Å². The van der Waals surface area contributed by atoms with Crippen LogP contribution in [0.2, 0.25) is 10.0 Å². The summed E-state index contributed by atoms with van der Waals surface area (Å²) in [4.78, 5) is 24.1. The molecule has 1 N–H and O–H groups in total. The number of hydrogen-bond acceptors (Lipinski definition) is 3. The Balaban J connectivity index is 2.49. The average molecular weight is 305 g/mol. The lowest BCUT2D eigenvalue weighted by atomic mass is 10.3. The Labute approximate surface area is 121 Å². The van der Waals surface area contributed by atoms with Gasteiger partial charge in [0.25, 0.3) is 5.91 Å². The van der Waals surface area contributed by atoms with Crippen molar-refractivity contribution in [2.45, 2.75) is 0 Å². The van der Waals surface area contributed by atoms with E-state index in [1.54, 1.807) is 12.1 Å². The smallest absolute Gasteiger partial charge is 0.260 e. The highest BCUT2D eigenvalue weighted by Gasteiger charge is 2.12. The van der Waals surface area contributed by atoms with Crippen molar-refractivity contribution in [3.8, 4) is 5.75 Å². The third-order valence-electron chi connectivity index (χ3n) is 2.34. The molecule has 0 fully saturated rings. The van der Waals surface area contributed by atoms with Crippen molar-refractivity contribution < 1.29 is 14.3 Å². The van der Waals surface area contributed by atoms with Crippen LogP contribution in [0.3, 0.4) is 0 Å². The monoisotopic (exact) mass is 304 g/mol. The Hall–Kier alpha value is -1.46. The number of ether oxygens (including phenoxy) is 1. The second-order valence-electron chi connectivity index (χ2n) is 3.79. The molecule has 0 aliphatic carbocycles. The molecule has 5 nitrogen and oxygen atoms in total. The largest absolute Gasteiger partial charge is 0.484 e. The molecular weight excluding hydrogens is 291 g/mol. The summed E-state index contributed by atoms with van der Waals surface area (Å²) in [7, 11) is 3.03. The first-order chi connectivity index (χ1) is 8.93. The summed E-state index contributed by atoms with van der Waals surface area (Å²) in [6, 6.07) is 4.72. The minimum atomic E-state index is -0.310. The third-order valence-corrected chi connectivity index (χ3v) is 3.08. The molecule has 0 saturated carbocycles. The first-order valence-electron chi connectivity index (χ1n) is 5.46. The second kappa shape index (κ2) is 7.21. The molecule has 0 radical (unpaired) electrons. The van der Waals surface area contributed by atoms with Crippen LogP contribution in [-0.2, 0) is 9.59 Å². The van der Waals surface area contributed by atoms with E-state index in [1.165, 1.54) is 25.1 Å². The number of halogens is 2. The summed E-state index contributed by atoms with van der Waals surface area (Å²) in [5.41, 5.74) is 0. The summed E-state index contributed by atoms with van der Waals surface area (Å²) < 4.78 is 5.27. The molecule has 1 aromatic rings. The summed E-state index contributed by atoms with van der Waals surface area (Å²) in [5.74, 6) is -0.115. The summed E-state index contributed by atoms with van der Waals surface area (Å²) in [6.07, 6.45) is 0. The number of amides is 2. The predicted octanol–water partition coefficient (Wildman–Crippen LogP) is 1.58. The van der Waals surface area contributed by atoms with Gasteiger partial charge in [-0.2, -0.15) is 0 Å². The third kappa shape index (κ3) is 4.96. The van der Waals surface area contributed by atoms with E-state index in [2.05, 4.69) is 5.32 Å². The van der Waals surface area contributed by atoms with E-state index in [1.807, 2.05) is 0 Å². The number of benzene rings is 1. The number of likely N-dealkylation sites (N-methyl/N-ethyl adjacent to an activating group) is 2. The van der Waals surface area contributed by atoms with Gasteiger partial charge in [-0.05, 0) is 12.1 Å². The molecule has 7 heteroatoms. The lowest BCUT2D eigenvalue weighted by molar-refractivity contribution is -0.136. The molecule has 0 bridgehead atoms. The maximum atomic E-state index is 11.7. The molecule has 0 spiro atoms. The zero-order valence-electron chi connectivity index (χ0n) is 10.6. The molecule has 0 unspecified atom stereocenters. The van der Waals surface area contributed by atoms with Crippen LogP contribution in [0, 0.1) is 0 Å². The van der Waals surface area contributed by atoms with Gasteiger partial charge in [-0.3, -0.25) is 9.59 Å². The normalized spacial score (nSPS) is 9.89. The molecule has 0 atom stereocenters. The Kier molecular flexibility index (Phi) is 5.92. The van der Waals surface area contributed by atoms with Crippen LogP contribution in [0.5, 0.6) is 5.75 Å². The van der Waals surface area contributed by atoms with Crippen molar-refractivity contribution in [1.82, 2.24) is 10.2 Å². The van der Waals surface area contributed by atoms with E-state index < -0.39 is 0 Å². The summed E-state index contributed by atoms with van der Waals surface area (Å²) >= 11 is 11.6. The Morgan fingerprint density at radius 1 is 1.32 bits per heavy atom. The fourth-order valence-corrected chi connectivity index (χ4v) is 1.49. The molecule has 0 saturated heterocycles. The lowest BCUT2D eigenvalue weighted by Crippen LogP contribution is -2.39. The van der Waals surface area contributed by atoms with Crippen LogP contribution in [-0.4, -0.2) is 44.0 Å². The molecule has 1 aromatic carbocycles. The van der Waals surface area contributed by atoms with Crippen molar-refractivity contribution in [1.29, 1.82) is 0 Å². The Bertz CT molecular complexity index is 480. The van der Waals surface area contributed by atoms with Gasteiger partial charge in [-0.25, -0.2) is 0 Å². The Morgan fingerprint density at radius 2 is 2.00 bits per heavy atom. The topological polar surface area (TPSA) is 58.6 Å². The van der Waals surface area contributed by atoms with E-state index >= 15 is 0 Å².